The van der Waals surface area contributed by atoms with E-state index in [0.29, 0.717) is 0 Å². The molecule has 2 aromatic rings. The zero-order valence-electron chi connectivity index (χ0n) is 14.0. The number of hydrogen-bond acceptors (Lipinski definition) is 4. The third kappa shape index (κ3) is 4.16. The zero-order chi connectivity index (χ0) is 16.6. The quantitative estimate of drug-likeness (QED) is 0.691. The van der Waals surface area contributed by atoms with Crippen LogP contribution in [0.5, 0.6) is 0 Å². The van der Waals surface area contributed by atoms with Crippen LogP contribution < -0.4 is 16.0 Å². The van der Waals surface area contributed by atoms with Crippen LogP contribution in [0.15, 0.2) is 65.3 Å². The molecule has 0 amide bonds. The molecule has 1 aliphatic rings. The minimum Gasteiger partial charge on any atom is -0.383 e. The Morgan fingerprint density at radius 3 is 2.33 bits per heavy atom. The molecule has 124 valence electrons. The summed E-state index contributed by atoms with van der Waals surface area (Å²) in [6.45, 7) is 3.96. The van der Waals surface area contributed by atoms with Crippen LogP contribution >= 0.6 is 0 Å². The summed E-state index contributed by atoms with van der Waals surface area (Å²) in [5.41, 5.74) is 5.41. The van der Waals surface area contributed by atoms with Crippen LogP contribution in [0.3, 0.4) is 0 Å². The highest BCUT2D eigenvalue weighted by Gasteiger charge is 2.03. The van der Waals surface area contributed by atoms with Crippen LogP contribution in [-0.2, 0) is 0 Å². The first kappa shape index (κ1) is 16.1. The van der Waals surface area contributed by atoms with Gasteiger partial charge in [-0.2, -0.15) is 0 Å². The maximum absolute atomic E-state index is 4.67. The van der Waals surface area contributed by atoms with Gasteiger partial charge in [0, 0.05) is 25.5 Å². The highest BCUT2D eigenvalue weighted by atomic mass is 15.0. The second-order valence-corrected chi connectivity index (χ2v) is 5.75. The molecule has 24 heavy (non-hydrogen) atoms. The van der Waals surface area contributed by atoms with Crippen LogP contribution in [-0.4, -0.2) is 19.3 Å². The van der Waals surface area contributed by atoms with Crippen molar-refractivity contribution in [2.75, 3.05) is 29.0 Å². The molecular formula is C20H24N4. The van der Waals surface area contributed by atoms with Gasteiger partial charge in [-0.15, -0.1) is 0 Å². The lowest BCUT2D eigenvalue weighted by Crippen LogP contribution is -2.10. The van der Waals surface area contributed by atoms with E-state index in [9.17, 15) is 0 Å². The van der Waals surface area contributed by atoms with Crippen molar-refractivity contribution < 1.29 is 0 Å². The average Bonchev–Trinajstić information content (AvgIpc) is 2.63. The molecule has 1 heterocycles. The molecule has 3 rings (SSSR count). The molecule has 0 atom stereocenters. The molecule has 0 aliphatic carbocycles. The minimum absolute atomic E-state index is 0.908. The van der Waals surface area contributed by atoms with Crippen molar-refractivity contribution in [1.82, 2.24) is 0 Å². The number of nitrogens with zero attached hydrogens (tertiary/aromatic N) is 1. The number of allylic oxidation sites excluding steroid dienone is 1. The fourth-order valence-electron chi connectivity index (χ4n) is 2.59. The van der Waals surface area contributed by atoms with Gasteiger partial charge in [0.1, 0.15) is 0 Å². The molecule has 1 aliphatic heterocycles. The van der Waals surface area contributed by atoms with E-state index < -0.39 is 0 Å². The highest BCUT2D eigenvalue weighted by molar-refractivity contribution is 5.84. The molecule has 0 saturated heterocycles. The SMILES string of the molecule is CC/C1=C\Nc2ccccc2NCCCNc2ccccc2N=C1. The van der Waals surface area contributed by atoms with Gasteiger partial charge >= 0.3 is 0 Å². The molecular weight excluding hydrogens is 296 g/mol. The van der Waals surface area contributed by atoms with Gasteiger partial charge in [0.05, 0.1) is 22.7 Å². The lowest BCUT2D eigenvalue weighted by Gasteiger charge is -2.14. The normalized spacial score (nSPS) is 17.0. The summed E-state index contributed by atoms with van der Waals surface area (Å²) in [5, 5.41) is 10.4. The van der Waals surface area contributed by atoms with Crippen molar-refractivity contribution in [2.45, 2.75) is 19.8 Å². The molecule has 0 bridgehead atoms. The van der Waals surface area contributed by atoms with Crippen LogP contribution in [0.1, 0.15) is 19.8 Å². The lowest BCUT2D eigenvalue weighted by molar-refractivity contribution is 0.910. The first-order valence-corrected chi connectivity index (χ1v) is 8.52. The summed E-state index contributed by atoms with van der Waals surface area (Å²) in [7, 11) is 0. The number of rotatable bonds is 1. The van der Waals surface area contributed by atoms with Crippen molar-refractivity contribution >= 4 is 29.0 Å². The third-order valence-corrected chi connectivity index (χ3v) is 4.01. The van der Waals surface area contributed by atoms with Gasteiger partial charge in [-0.05, 0) is 42.7 Å². The molecule has 0 saturated carbocycles. The summed E-state index contributed by atoms with van der Waals surface area (Å²) in [5.74, 6) is 0. The van der Waals surface area contributed by atoms with Crippen molar-refractivity contribution in [3.05, 3.63) is 60.3 Å². The Morgan fingerprint density at radius 1 is 0.875 bits per heavy atom. The lowest BCUT2D eigenvalue weighted by atomic mass is 10.2. The van der Waals surface area contributed by atoms with Crippen LogP contribution in [0.2, 0.25) is 0 Å². The van der Waals surface area contributed by atoms with E-state index in [1.807, 2.05) is 36.7 Å². The van der Waals surface area contributed by atoms with E-state index in [1.165, 1.54) is 0 Å². The second-order valence-electron chi connectivity index (χ2n) is 5.75. The van der Waals surface area contributed by atoms with Crippen molar-refractivity contribution in [3.63, 3.8) is 0 Å². The van der Waals surface area contributed by atoms with Gasteiger partial charge in [-0.3, -0.25) is 4.99 Å². The average molecular weight is 320 g/mol. The third-order valence-electron chi connectivity index (χ3n) is 4.01. The Hall–Kier alpha value is -2.75. The van der Waals surface area contributed by atoms with Crippen LogP contribution in [0.4, 0.5) is 22.7 Å². The van der Waals surface area contributed by atoms with E-state index in [-0.39, 0.29) is 0 Å². The van der Waals surface area contributed by atoms with Gasteiger partial charge < -0.3 is 16.0 Å². The Bertz CT molecular complexity index is 734. The van der Waals surface area contributed by atoms with Crippen LogP contribution in [0, 0.1) is 0 Å². The van der Waals surface area contributed by atoms with Gasteiger partial charge in [-0.25, -0.2) is 0 Å². The molecule has 0 spiro atoms. The summed E-state index contributed by atoms with van der Waals surface area (Å²) in [6, 6.07) is 16.5. The topological polar surface area (TPSA) is 48.4 Å². The Balaban J connectivity index is 1.90. The number of anilines is 3. The number of nitrogens with one attached hydrogen (secondary N) is 3. The number of hydrogen-bond donors (Lipinski definition) is 3. The molecule has 0 radical (unpaired) electrons. The zero-order valence-corrected chi connectivity index (χ0v) is 14.0. The van der Waals surface area contributed by atoms with Gasteiger partial charge in [0.25, 0.3) is 0 Å². The number of benzene rings is 2. The molecule has 2 aromatic carbocycles. The van der Waals surface area contributed by atoms with Crippen molar-refractivity contribution in [3.8, 4) is 0 Å². The molecule has 4 heteroatoms. The summed E-state index contributed by atoms with van der Waals surface area (Å²) in [4.78, 5) is 4.67. The molecule has 0 aromatic heterocycles. The monoisotopic (exact) mass is 320 g/mol. The fraction of sp³-hybridized carbons (Fsp3) is 0.250. The Labute approximate surface area is 143 Å². The Morgan fingerprint density at radius 2 is 1.54 bits per heavy atom. The summed E-state index contributed by atoms with van der Waals surface area (Å²) >= 11 is 0. The van der Waals surface area contributed by atoms with Crippen LogP contribution in [0.25, 0.3) is 0 Å². The second kappa shape index (κ2) is 8.20. The molecule has 0 fully saturated rings. The van der Waals surface area contributed by atoms with E-state index in [4.69, 9.17) is 0 Å². The van der Waals surface area contributed by atoms with Gasteiger partial charge in [0.2, 0.25) is 0 Å². The van der Waals surface area contributed by atoms with Gasteiger partial charge in [0.15, 0.2) is 0 Å². The predicted molar refractivity (Wildman–Crippen MR) is 105 cm³/mol. The van der Waals surface area contributed by atoms with Crippen molar-refractivity contribution in [1.29, 1.82) is 0 Å². The van der Waals surface area contributed by atoms with E-state index in [1.54, 1.807) is 0 Å². The molecule has 4 nitrogen and oxygen atoms in total. The first-order chi connectivity index (χ1) is 11.9. The maximum Gasteiger partial charge on any atom is 0.0861 e. The van der Waals surface area contributed by atoms with Gasteiger partial charge in [-0.1, -0.05) is 31.2 Å². The number of aliphatic imine (C=N–C) groups is 1. The van der Waals surface area contributed by atoms with E-state index in [2.05, 4.69) is 52.1 Å². The predicted octanol–water partition coefficient (Wildman–Crippen LogP) is 5.02. The fourth-order valence-corrected chi connectivity index (χ4v) is 2.59. The smallest absolute Gasteiger partial charge is 0.0861 e. The van der Waals surface area contributed by atoms with E-state index >= 15 is 0 Å². The summed E-state index contributed by atoms with van der Waals surface area (Å²) in [6.07, 6.45) is 5.92. The number of fused-ring (bicyclic) bond motifs is 2. The highest BCUT2D eigenvalue weighted by Crippen LogP contribution is 2.25. The molecule has 3 N–H and O–H groups in total. The first-order valence-electron chi connectivity index (χ1n) is 8.52. The van der Waals surface area contributed by atoms with E-state index in [0.717, 1.165) is 54.3 Å². The number of para-hydroxylation sites is 4. The maximum atomic E-state index is 4.67. The summed E-state index contributed by atoms with van der Waals surface area (Å²) < 4.78 is 0. The Kier molecular flexibility index (Phi) is 5.51. The minimum atomic E-state index is 0.908. The standard InChI is InChI=1S/C20H24N4/c1-2-16-14-23-19-10-5-3-8-17(19)21-12-7-13-22-18-9-4-6-11-20(18)24-15-16/h3-6,8-11,14-15,21-23H,2,7,12-13H2,1H3/b16-14+,24-15?. The molecule has 0 unspecified atom stereocenters. The van der Waals surface area contributed by atoms with Crippen molar-refractivity contribution in [2.24, 2.45) is 4.99 Å². The largest absolute Gasteiger partial charge is 0.383 e.